The van der Waals surface area contributed by atoms with Crippen molar-refractivity contribution in [3.05, 3.63) is 120 Å². The van der Waals surface area contributed by atoms with Crippen molar-refractivity contribution in [1.82, 2.24) is 14.8 Å². The molecule has 0 atom stereocenters. The average molecular weight is 491 g/mol. The zero-order valence-corrected chi connectivity index (χ0v) is 21.1. The van der Waals surface area contributed by atoms with Gasteiger partial charge < -0.3 is 0 Å². The molecule has 0 saturated carbocycles. The van der Waals surface area contributed by atoms with E-state index in [2.05, 4.69) is 110 Å². The Bertz CT molecular complexity index is 1060. The minimum absolute atomic E-state index is 0.580. The van der Waals surface area contributed by atoms with Gasteiger partial charge in [-0.15, -0.1) is 9.79 Å². The molecule has 4 aromatic rings. The van der Waals surface area contributed by atoms with E-state index in [0.717, 1.165) is 18.7 Å². The van der Waals surface area contributed by atoms with Gasteiger partial charge in [0.1, 0.15) is 17.7 Å². The largest absolute Gasteiger partial charge is 0.692 e. The molecule has 4 rings (SSSR count). The Morgan fingerprint density at radius 1 is 0.800 bits per heavy atom. The minimum atomic E-state index is -2.87. The van der Waals surface area contributed by atoms with E-state index in [1.807, 2.05) is 0 Å². The third kappa shape index (κ3) is 6.29. The minimum Gasteiger partial charge on any atom is -0.231 e. The molecule has 1 heterocycles. The van der Waals surface area contributed by atoms with Crippen LogP contribution >= 0.6 is 8.25 Å². The summed E-state index contributed by atoms with van der Waals surface area (Å²) in [6.45, 7) is 4.56. The molecule has 0 saturated heterocycles. The van der Waals surface area contributed by atoms with Crippen molar-refractivity contribution < 1.29 is 14.4 Å². The van der Waals surface area contributed by atoms with Crippen LogP contribution in [0.4, 0.5) is 0 Å². The van der Waals surface area contributed by atoms with E-state index in [1.165, 1.54) is 29.5 Å². The maximum atomic E-state index is 8.70. The molecule has 0 radical (unpaired) electrons. The highest BCUT2D eigenvalue weighted by Crippen LogP contribution is 2.41. The molecule has 0 aliphatic carbocycles. The molecule has 0 bridgehead atoms. The van der Waals surface area contributed by atoms with Crippen LogP contribution in [0.3, 0.4) is 0 Å². The SMILES string of the molecule is CCC(CC)CCc1ncnn1C(c1ccccc1)(c1ccccc1)c1ccccc1.O=[P+](O)O. The highest BCUT2D eigenvalue weighted by Gasteiger charge is 2.40. The topological polar surface area (TPSA) is 88.2 Å². The van der Waals surface area contributed by atoms with Gasteiger partial charge in [-0.1, -0.05) is 118 Å². The lowest BCUT2D eigenvalue weighted by molar-refractivity contribution is 0.405. The fraction of sp³-hybridized carbons (Fsp3) is 0.286. The number of aromatic nitrogens is 3. The van der Waals surface area contributed by atoms with Gasteiger partial charge >= 0.3 is 8.25 Å². The fourth-order valence-electron chi connectivity index (χ4n) is 4.65. The van der Waals surface area contributed by atoms with Crippen molar-refractivity contribution >= 4 is 8.25 Å². The third-order valence-electron chi connectivity index (χ3n) is 6.44. The second-order valence-corrected chi connectivity index (χ2v) is 8.88. The molecule has 6 nitrogen and oxygen atoms in total. The second kappa shape index (κ2) is 13.1. The first-order valence-electron chi connectivity index (χ1n) is 11.9. The second-order valence-electron chi connectivity index (χ2n) is 8.37. The summed E-state index contributed by atoms with van der Waals surface area (Å²) in [6, 6.07) is 32.1. The maximum Gasteiger partial charge on any atom is 0.692 e. The summed E-state index contributed by atoms with van der Waals surface area (Å²) in [7, 11) is -2.87. The Labute approximate surface area is 208 Å². The van der Waals surface area contributed by atoms with Crippen molar-refractivity contribution in [3.63, 3.8) is 0 Å². The lowest BCUT2D eigenvalue weighted by Gasteiger charge is -2.37. The third-order valence-corrected chi connectivity index (χ3v) is 6.44. The van der Waals surface area contributed by atoms with E-state index < -0.39 is 13.8 Å². The van der Waals surface area contributed by atoms with Gasteiger partial charge in [-0.3, -0.25) is 0 Å². The van der Waals surface area contributed by atoms with Crippen molar-refractivity contribution in [2.75, 3.05) is 0 Å². The van der Waals surface area contributed by atoms with Gasteiger partial charge in [0.15, 0.2) is 0 Å². The van der Waals surface area contributed by atoms with Gasteiger partial charge in [0.05, 0.1) is 0 Å². The molecule has 35 heavy (non-hydrogen) atoms. The van der Waals surface area contributed by atoms with Crippen LogP contribution in [0.5, 0.6) is 0 Å². The first-order chi connectivity index (χ1) is 17.0. The molecule has 182 valence electrons. The molecular formula is C28H33N3O3P+. The molecule has 0 unspecified atom stereocenters. The lowest BCUT2D eigenvalue weighted by atomic mass is 9.77. The van der Waals surface area contributed by atoms with Crippen LogP contribution in [0, 0.1) is 5.92 Å². The van der Waals surface area contributed by atoms with E-state index in [1.54, 1.807) is 6.33 Å². The highest BCUT2D eigenvalue weighted by atomic mass is 31.1. The van der Waals surface area contributed by atoms with E-state index in [4.69, 9.17) is 24.4 Å². The summed E-state index contributed by atoms with van der Waals surface area (Å²) in [6.07, 6.45) is 6.16. The van der Waals surface area contributed by atoms with E-state index >= 15 is 0 Å². The molecule has 0 spiro atoms. The van der Waals surface area contributed by atoms with Crippen LogP contribution in [0.1, 0.15) is 55.6 Å². The molecule has 1 aromatic heterocycles. The van der Waals surface area contributed by atoms with Gasteiger partial charge in [-0.25, -0.2) is 9.67 Å². The first kappa shape index (κ1) is 26.4. The Kier molecular flexibility index (Phi) is 9.86. The van der Waals surface area contributed by atoms with Gasteiger partial charge in [0.2, 0.25) is 0 Å². The van der Waals surface area contributed by atoms with Gasteiger partial charge in [0.25, 0.3) is 0 Å². The van der Waals surface area contributed by atoms with E-state index in [-0.39, 0.29) is 0 Å². The van der Waals surface area contributed by atoms with Crippen LogP contribution in [0.25, 0.3) is 0 Å². The molecule has 0 aliphatic rings. The van der Waals surface area contributed by atoms with Crippen LogP contribution in [0.2, 0.25) is 0 Å². The number of nitrogens with zero attached hydrogens (tertiary/aromatic N) is 3. The molecule has 0 aliphatic heterocycles. The molecular weight excluding hydrogens is 457 g/mol. The van der Waals surface area contributed by atoms with Crippen molar-refractivity contribution in [2.45, 2.75) is 45.1 Å². The van der Waals surface area contributed by atoms with Crippen LogP contribution in [-0.4, -0.2) is 24.6 Å². The van der Waals surface area contributed by atoms with Gasteiger partial charge in [-0.05, 0) is 29.0 Å². The number of aryl methyl sites for hydroxylation is 1. The Balaban J connectivity index is 0.000000795. The summed E-state index contributed by atoms with van der Waals surface area (Å²) in [4.78, 5) is 19.0. The maximum absolute atomic E-state index is 8.70. The molecule has 7 heteroatoms. The summed E-state index contributed by atoms with van der Waals surface area (Å²) in [5, 5.41) is 4.85. The molecule has 0 fully saturated rings. The van der Waals surface area contributed by atoms with Crippen LogP contribution in [0.15, 0.2) is 97.3 Å². The quantitative estimate of drug-likeness (QED) is 0.218. The predicted octanol–water partition coefficient (Wildman–Crippen LogP) is 6.12. The van der Waals surface area contributed by atoms with Gasteiger partial charge in [-0.2, -0.15) is 5.10 Å². The standard InChI is InChI=1S/C28H31N3.HO3P/c1-3-23(4-2)20-21-27-29-22-30-31(27)28(24-14-8-5-9-15-24,25-16-10-6-11-17-25)26-18-12-7-13-19-26;1-4(2)3/h5-19,22-23H,3-4,20-21H2,1-2H3;(H-,1,2,3)/p+1. The van der Waals surface area contributed by atoms with Crippen molar-refractivity contribution in [3.8, 4) is 0 Å². The number of benzene rings is 3. The zero-order chi connectivity index (χ0) is 25.1. The normalized spacial score (nSPS) is 11.1. The molecule has 0 amide bonds. The smallest absolute Gasteiger partial charge is 0.231 e. The summed E-state index contributed by atoms with van der Waals surface area (Å²) < 4.78 is 10.9. The monoisotopic (exact) mass is 490 g/mol. The van der Waals surface area contributed by atoms with E-state index in [0.29, 0.717) is 5.92 Å². The zero-order valence-electron chi connectivity index (χ0n) is 20.2. The molecule has 2 N–H and O–H groups in total. The Morgan fingerprint density at radius 2 is 1.20 bits per heavy atom. The highest BCUT2D eigenvalue weighted by molar-refractivity contribution is 7.30. The Morgan fingerprint density at radius 3 is 1.57 bits per heavy atom. The average Bonchev–Trinajstić information content (AvgIpc) is 3.36. The number of rotatable bonds is 9. The summed E-state index contributed by atoms with van der Waals surface area (Å²) in [5.74, 6) is 1.74. The van der Waals surface area contributed by atoms with Crippen molar-refractivity contribution in [1.29, 1.82) is 0 Å². The predicted molar refractivity (Wildman–Crippen MR) is 139 cm³/mol. The summed E-state index contributed by atoms with van der Waals surface area (Å²) >= 11 is 0. The number of hydrogen-bond donors (Lipinski definition) is 2. The van der Waals surface area contributed by atoms with Crippen LogP contribution < -0.4 is 0 Å². The first-order valence-corrected chi connectivity index (χ1v) is 13.1. The van der Waals surface area contributed by atoms with E-state index in [9.17, 15) is 0 Å². The fourth-order valence-corrected chi connectivity index (χ4v) is 4.65. The summed E-state index contributed by atoms with van der Waals surface area (Å²) in [5.41, 5.74) is 2.97. The van der Waals surface area contributed by atoms with Gasteiger partial charge in [0, 0.05) is 11.0 Å². The van der Waals surface area contributed by atoms with Crippen molar-refractivity contribution in [2.24, 2.45) is 5.92 Å². The molecule has 3 aromatic carbocycles. The number of hydrogen-bond acceptors (Lipinski definition) is 3. The van der Waals surface area contributed by atoms with Crippen LogP contribution in [-0.2, 0) is 16.5 Å². The lowest BCUT2D eigenvalue weighted by Crippen LogP contribution is -2.40. The Hall–Kier alpha value is -3.18.